The van der Waals surface area contributed by atoms with Gasteiger partial charge in [-0.3, -0.25) is 4.79 Å². The van der Waals surface area contributed by atoms with Crippen LogP contribution in [0.3, 0.4) is 0 Å². The minimum absolute atomic E-state index is 0.168. The summed E-state index contributed by atoms with van der Waals surface area (Å²) in [6, 6.07) is 0. The highest BCUT2D eigenvalue weighted by atomic mass is 32.2. The van der Waals surface area contributed by atoms with E-state index in [1.54, 1.807) is 11.8 Å². The summed E-state index contributed by atoms with van der Waals surface area (Å²) in [4.78, 5) is 9.85. The summed E-state index contributed by atoms with van der Waals surface area (Å²) < 4.78 is 0.168. The molecule has 0 fully saturated rings. The van der Waals surface area contributed by atoms with Crippen molar-refractivity contribution in [1.82, 2.24) is 5.32 Å². The number of nitrogens with one attached hydrogen (secondary N) is 1. The molecule has 0 aromatic heterocycles. The van der Waals surface area contributed by atoms with Gasteiger partial charge in [0.15, 0.2) is 0 Å². The van der Waals surface area contributed by atoms with Crippen molar-refractivity contribution in [2.75, 3.05) is 12.8 Å². The minimum atomic E-state index is 0.168. The largest absolute Gasteiger partial charge is 0.357 e. The molecule has 0 aromatic rings. The van der Waals surface area contributed by atoms with Gasteiger partial charge in [-0.05, 0) is 20.1 Å². The molecule has 0 aromatic carbocycles. The van der Waals surface area contributed by atoms with E-state index in [1.165, 1.54) is 0 Å². The molecule has 0 radical (unpaired) electrons. The van der Waals surface area contributed by atoms with Crippen LogP contribution in [0.4, 0.5) is 0 Å². The third-order valence-corrected chi connectivity index (χ3v) is 2.41. The van der Waals surface area contributed by atoms with Gasteiger partial charge in [-0.25, -0.2) is 0 Å². The first kappa shape index (κ1) is 8.82. The molecule has 0 heterocycles. The van der Waals surface area contributed by atoms with Crippen molar-refractivity contribution in [2.24, 2.45) is 0 Å². The molecule has 54 valence electrons. The molecule has 0 unspecified atom stereocenters. The van der Waals surface area contributed by atoms with Crippen molar-refractivity contribution in [2.45, 2.75) is 18.6 Å². The molecule has 0 aliphatic carbocycles. The van der Waals surface area contributed by atoms with E-state index >= 15 is 0 Å². The molecule has 0 bridgehead atoms. The summed E-state index contributed by atoms with van der Waals surface area (Å²) in [6.07, 6.45) is 2.77. The summed E-state index contributed by atoms with van der Waals surface area (Å²) >= 11 is 1.75. The second kappa shape index (κ2) is 3.77. The van der Waals surface area contributed by atoms with Crippen LogP contribution in [0, 0.1) is 0 Å². The van der Waals surface area contributed by atoms with E-state index < -0.39 is 0 Å². The van der Waals surface area contributed by atoms with Gasteiger partial charge in [0, 0.05) is 11.3 Å². The Morgan fingerprint density at radius 2 is 2.22 bits per heavy atom. The molecule has 0 rings (SSSR count). The van der Waals surface area contributed by atoms with Gasteiger partial charge in [-0.15, -0.1) is 0 Å². The number of rotatable bonds is 4. The first-order chi connectivity index (χ1) is 4.12. The van der Waals surface area contributed by atoms with Crippen molar-refractivity contribution in [3.8, 4) is 0 Å². The van der Waals surface area contributed by atoms with E-state index in [0.717, 1.165) is 13.0 Å². The average Bonchev–Trinajstić information content (AvgIpc) is 1.84. The average molecular weight is 147 g/mol. The van der Waals surface area contributed by atoms with Crippen LogP contribution in [0.1, 0.15) is 13.8 Å². The fourth-order valence-electron chi connectivity index (χ4n) is 0.360. The second-order valence-electron chi connectivity index (χ2n) is 2.46. The van der Waals surface area contributed by atoms with E-state index in [2.05, 4.69) is 19.2 Å². The van der Waals surface area contributed by atoms with Crippen LogP contribution < -0.4 is 5.32 Å². The maximum Gasteiger partial charge on any atom is 0.207 e. The lowest BCUT2D eigenvalue weighted by atomic mass is 10.2. The highest BCUT2D eigenvalue weighted by Crippen LogP contribution is 2.18. The molecular formula is C6H13NOS. The van der Waals surface area contributed by atoms with E-state index in [9.17, 15) is 4.79 Å². The van der Waals surface area contributed by atoms with Crippen LogP contribution >= 0.6 is 11.8 Å². The van der Waals surface area contributed by atoms with E-state index in [0.29, 0.717) is 0 Å². The molecule has 1 amide bonds. The Morgan fingerprint density at radius 3 is 2.56 bits per heavy atom. The predicted octanol–water partition coefficient (Wildman–Crippen LogP) is 0.874. The lowest BCUT2D eigenvalue weighted by molar-refractivity contribution is -0.109. The quantitative estimate of drug-likeness (QED) is 0.598. The van der Waals surface area contributed by atoms with Gasteiger partial charge in [0.2, 0.25) is 6.41 Å². The van der Waals surface area contributed by atoms with Gasteiger partial charge in [0.1, 0.15) is 0 Å². The maximum absolute atomic E-state index is 9.85. The standard InChI is InChI=1S/C6H13NOS/c1-6(2,9-3)4-7-5-8/h5H,4H2,1-3H3,(H,7,8). The fraction of sp³-hybridized carbons (Fsp3) is 0.833. The Kier molecular flexibility index (Phi) is 3.70. The number of amides is 1. The third-order valence-electron chi connectivity index (χ3n) is 1.16. The number of hydrogen-bond donors (Lipinski definition) is 1. The smallest absolute Gasteiger partial charge is 0.207 e. The van der Waals surface area contributed by atoms with Crippen LogP contribution in [0.15, 0.2) is 0 Å². The maximum atomic E-state index is 9.85. The lowest BCUT2D eigenvalue weighted by Crippen LogP contribution is -2.30. The van der Waals surface area contributed by atoms with Gasteiger partial charge in [-0.2, -0.15) is 11.8 Å². The van der Waals surface area contributed by atoms with Crippen LogP contribution in [-0.2, 0) is 4.79 Å². The number of carbonyl (C=O) groups is 1. The van der Waals surface area contributed by atoms with Gasteiger partial charge in [0.25, 0.3) is 0 Å². The van der Waals surface area contributed by atoms with Crippen molar-refractivity contribution in [3.05, 3.63) is 0 Å². The number of carbonyl (C=O) groups excluding carboxylic acids is 1. The molecule has 0 aliphatic rings. The Morgan fingerprint density at radius 1 is 1.67 bits per heavy atom. The predicted molar refractivity (Wildman–Crippen MR) is 41.7 cm³/mol. The molecule has 0 saturated heterocycles. The molecule has 9 heavy (non-hydrogen) atoms. The summed E-state index contributed by atoms with van der Waals surface area (Å²) in [5.41, 5.74) is 0. The molecular weight excluding hydrogens is 134 g/mol. The summed E-state index contributed by atoms with van der Waals surface area (Å²) in [5, 5.41) is 2.64. The minimum Gasteiger partial charge on any atom is -0.357 e. The molecule has 0 aliphatic heterocycles. The van der Waals surface area contributed by atoms with E-state index in [-0.39, 0.29) is 4.75 Å². The number of hydrogen-bond acceptors (Lipinski definition) is 2. The molecule has 3 heteroatoms. The summed E-state index contributed by atoms with van der Waals surface area (Å²) in [6.45, 7) is 4.92. The van der Waals surface area contributed by atoms with Crippen LogP contribution in [0.25, 0.3) is 0 Å². The highest BCUT2D eigenvalue weighted by molar-refractivity contribution is 7.99. The SMILES string of the molecule is CSC(C)(C)CNC=O. The van der Waals surface area contributed by atoms with Crippen molar-refractivity contribution in [3.63, 3.8) is 0 Å². The Hall–Kier alpha value is -0.180. The third kappa shape index (κ3) is 4.33. The number of thioether (sulfide) groups is 1. The molecule has 1 N–H and O–H groups in total. The lowest BCUT2D eigenvalue weighted by Gasteiger charge is -2.20. The first-order valence-corrected chi connectivity index (χ1v) is 4.07. The summed E-state index contributed by atoms with van der Waals surface area (Å²) in [5.74, 6) is 0. The fourth-order valence-corrected chi connectivity index (χ4v) is 0.587. The Balaban J connectivity index is 3.44. The monoisotopic (exact) mass is 147 g/mol. The van der Waals surface area contributed by atoms with Crippen LogP contribution in [-0.4, -0.2) is 24.0 Å². The zero-order valence-corrected chi connectivity index (χ0v) is 6.92. The van der Waals surface area contributed by atoms with E-state index in [4.69, 9.17) is 0 Å². The van der Waals surface area contributed by atoms with Gasteiger partial charge < -0.3 is 5.32 Å². The van der Waals surface area contributed by atoms with Gasteiger partial charge >= 0.3 is 0 Å². The Bertz CT molecular complexity index is 93.1. The van der Waals surface area contributed by atoms with E-state index in [1.807, 2.05) is 6.26 Å². The Labute approximate surface area is 60.4 Å². The molecule has 0 saturated carbocycles. The van der Waals surface area contributed by atoms with Crippen LogP contribution in [0.5, 0.6) is 0 Å². The zero-order valence-electron chi connectivity index (χ0n) is 6.10. The molecule has 2 nitrogen and oxygen atoms in total. The van der Waals surface area contributed by atoms with Crippen molar-refractivity contribution in [1.29, 1.82) is 0 Å². The second-order valence-corrected chi connectivity index (χ2v) is 3.98. The molecule has 0 atom stereocenters. The topological polar surface area (TPSA) is 29.1 Å². The van der Waals surface area contributed by atoms with Crippen molar-refractivity contribution < 1.29 is 4.79 Å². The highest BCUT2D eigenvalue weighted by Gasteiger charge is 2.13. The van der Waals surface area contributed by atoms with Gasteiger partial charge in [0.05, 0.1) is 0 Å². The van der Waals surface area contributed by atoms with Crippen LogP contribution in [0.2, 0.25) is 0 Å². The van der Waals surface area contributed by atoms with Crippen molar-refractivity contribution >= 4 is 18.2 Å². The summed E-state index contributed by atoms with van der Waals surface area (Å²) in [7, 11) is 0. The normalized spacial score (nSPS) is 11.0. The van der Waals surface area contributed by atoms with Gasteiger partial charge in [-0.1, -0.05) is 0 Å². The molecule has 0 spiro atoms. The zero-order chi connectivity index (χ0) is 7.33. The first-order valence-electron chi connectivity index (χ1n) is 2.84.